The Bertz CT molecular complexity index is 132. The molecule has 1 unspecified atom stereocenters. The summed E-state index contributed by atoms with van der Waals surface area (Å²) >= 11 is 0. The van der Waals surface area contributed by atoms with Crippen molar-refractivity contribution < 1.29 is 9.47 Å². The van der Waals surface area contributed by atoms with Crippen LogP contribution in [0.3, 0.4) is 0 Å². The first-order valence-corrected chi connectivity index (χ1v) is 5.62. The second-order valence-corrected chi connectivity index (χ2v) is 3.98. The van der Waals surface area contributed by atoms with Crippen molar-refractivity contribution in [3.63, 3.8) is 0 Å². The maximum Gasteiger partial charge on any atom is 0.0700 e. The van der Waals surface area contributed by atoms with Gasteiger partial charge in [-0.3, -0.25) is 0 Å². The lowest BCUT2D eigenvalue weighted by molar-refractivity contribution is 0.0694. The number of nitrogens with zero attached hydrogens (tertiary/aromatic N) is 1. The molecule has 0 fully saturated rings. The van der Waals surface area contributed by atoms with Crippen molar-refractivity contribution in [2.24, 2.45) is 0 Å². The molecule has 0 rings (SSSR count). The number of hydrogen-bond acceptors (Lipinski definition) is 4. The Kier molecular flexibility index (Phi) is 10.3. The van der Waals surface area contributed by atoms with Gasteiger partial charge >= 0.3 is 0 Å². The zero-order valence-corrected chi connectivity index (χ0v) is 10.6. The molecule has 0 saturated carbocycles. The van der Waals surface area contributed by atoms with Crippen LogP contribution in [0.15, 0.2) is 0 Å². The number of nitrogens with one attached hydrogen (secondary N) is 1. The van der Waals surface area contributed by atoms with Crippen molar-refractivity contribution in [2.75, 3.05) is 54.1 Å². The van der Waals surface area contributed by atoms with E-state index in [1.165, 1.54) is 0 Å². The number of hydrogen-bond donors (Lipinski definition) is 1. The van der Waals surface area contributed by atoms with Gasteiger partial charge < -0.3 is 19.7 Å². The van der Waals surface area contributed by atoms with Gasteiger partial charge in [-0.1, -0.05) is 0 Å². The second-order valence-electron chi connectivity index (χ2n) is 3.98. The molecule has 0 saturated heterocycles. The maximum atomic E-state index is 5.35. The van der Waals surface area contributed by atoms with Crippen molar-refractivity contribution in [3.8, 4) is 0 Å². The van der Waals surface area contributed by atoms with Crippen molar-refractivity contribution in [2.45, 2.75) is 19.4 Å². The van der Waals surface area contributed by atoms with E-state index in [2.05, 4.69) is 31.2 Å². The summed E-state index contributed by atoms with van der Waals surface area (Å²) in [6.45, 7) is 6.46. The van der Waals surface area contributed by atoms with Crippen molar-refractivity contribution >= 4 is 0 Å². The van der Waals surface area contributed by atoms with Crippen LogP contribution in [0.25, 0.3) is 0 Å². The van der Waals surface area contributed by atoms with E-state index in [4.69, 9.17) is 9.47 Å². The lowest BCUT2D eigenvalue weighted by atomic mass is 10.3. The van der Waals surface area contributed by atoms with Crippen molar-refractivity contribution in [3.05, 3.63) is 0 Å². The Balaban J connectivity index is 3.05. The zero-order chi connectivity index (χ0) is 11.5. The molecule has 0 radical (unpaired) electrons. The maximum absolute atomic E-state index is 5.35. The first kappa shape index (κ1) is 14.8. The van der Waals surface area contributed by atoms with Crippen LogP contribution in [0.4, 0.5) is 0 Å². The minimum Gasteiger partial charge on any atom is -0.382 e. The highest BCUT2D eigenvalue weighted by molar-refractivity contribution is 4.62. The van der Waals surface area contributed by atoms with E-state index in [9.17, 15) is 0 Å². The van der Waals surface area contributed by atoms with Crippen molar-refractivity contribution in [1.29, 1.82) is 0 Å². The largest absolute Gasteiger partial charge is 0.382 e. The number of methoxy groups -OCH3 is 1. The van der Waals surface area contributed by atoms with Gasteiger partial charge in [0.25, 0.3) is 0 Å². The molecule has 0 aliphatic heterocycles. The summed E-state index contributed by atoms with van der Waals surface area (Å²) in [6, 6.07) is 0.583. The molecular weight excluding hydrogens is 192 g/mol. The van der Waals surface area contributed by atoms with Gasteiger partial charge in [-0.05, 0) is 34.0 Å². The molecular formula is C11H26N2O2. The lowest BCUT2D eigenvalue weighted by Gasteiger charge is -2.19. The van der Waals surface area contributed by atoms with Crippen LogP contribution in [0.2, 0.25) is 0 Å². The third kappa shape index (κ3) is 10.1. The van der Waals surface area contributed by atoms with Crippen molar-refractivity contribution in [1.82, 2.24) is 10.2 Å². The fraction of sp³-hybridized carbons (Fsp3) is 1.00. The van der Waals surface area contributed by atoms with Crippen LogP contribution in [0.1, 0.15) is 13.3 Å². The van der Waals surface area contributed by atoms with Crippen LogP contribution in [-0.2, 0) is 9.47 Å². The summed E-state index contributed by atoms with van der Waals surface area (Å²) in [7, 11) is 5.88. The van der Waals surface area contributed by atoms with Gasteiger partial charge in [-0.15, -0.1) is 0 Å². The first-order chi connectivity index (χ1) is 7.18. The van der Waals surface area contributed by atoms with Crippen LogP contribution >= 0.6 is 0 Å². The topological polar surface area (TPSA) is 33.7 Å². The van der Waals surface area contributed by atoms with Crippen LogP contribution in [0, 0.1) is 0 Å². The number of rotatable bonds is 10. The Hall–Kier alpha value is -0.160. The van der Waals surface area contributed by atoms with Gasteiger partial charge in [0.1, 0.15) is 0 Å². The highest BCUT2D eigenvalue weighted by Crippen LogP contribution is 1.88. The first-order valence-electron chi connectivity index (χ1n) is 5.62. The van der Waals surface area contributed by atoms with Gasteiger partial charge in [0.2, 0.25) is 0 Å². The smallest absolute Gasteiger partial charge is 0.0700 e. The molecule has 0 aliphatic rings. The van der Waals surface area contributed by atoms with Gasteiger partial charge in [0, 0.05) is 26.3 Å². The van der Waals surface area contributed by atoms with E-state index < -0.39 is 0 Å². The minimum atomic E-state index is 0.583. The van der Waals surface area contributed by atoms with Gasteiger partial charge in [-0.2, -0.15) is 0 Å². The molecule has 92 valence electrons. The summed E-state index contributed by atoms with van der Waals surface area (Å²) in [6.07, 6.45) is 1.06. The van der Waals surface area contributed by atoms with Gasteiger partial charge in [-0.25, -0.2) is 0 Å². The van der Waals surface area contributed by atoms with E-state index in [-0.39, 0.29) is 0 Å². The molecule has 1 N–H and O–H groups in total. The molecule has 0 aromatic carbocycles. The minimum absolute atomic E-state index is 0.583. The predicted molar refractivity (Wildman–Crippen MR) is 63.3 cm³/mol. The van der Waals surface area contributed by atoms with Gasteiger partial charge in [0.15, 0.2) is 0 Å². The summed E-state index contributed by atoms with van der Waals surface area (Å²) < 4.78 is 10.2. The molecule has 1 atom stereocenters. The summed E-state index contributed by atoms with van der Waals surface area (Å²) in [4.78, 5) is 2.21. The Morgan fingerprint density at radius 1 is 1.20 bits per heavy atom. The Morgan fingerprint density at radius 3 is 2.53 bits per heavy atom. The highest BCUT2D eigenvalue weighted by Gasteiger charge is 2.02. The number of likely N-dealkylation sites (N-methyl/N-ethyl adjacent to an activating group) is 1. The molecule has 0 amide bonds. The van der Waals surface area contributed by atoms with E-state index in [0.717, 1.165) is 26.1 Å². The van der Waals surface area contributed by atoms with E-state index in [1.54, 1.807) is 7.11 Å². The lowest BCUT2D eigenvalue weighted by Crippen LogP contribution is -2.36. The summed E-state index contributed by atoms with van der Waals surface area (Å²) in [5.74, 6) is 0. The third-order valence-electron chi connectivity index (χ3n) is 2.40. The molecule has 15 heavy (non-hydrogen) atoms. The summed E-state index contributed by atoms with van der Waals surface area (Å²) in [5, 5.41) is 3.40. The second kappa shape index (κ2) is 10.4. The Morgan fingerprint density at radius 2 is 1.93 bits per heavy atom. The fourth-order valence-electron chi connectivity index (χ4n) is 1.04. The van der Waals surface area contributed by atoms with E-state index in [0.29, 0.717) is 19.3 Å². The van der Waals surface area contributed by atoms with E-state index in [1.807, 2.05) is 0 Å². The van der Waals surface area contributed by atoms with E-state index >= 15 is 0 Å². The highest BCUT2D eigenvalue weighted by atomic mass is 16.5. The molecule has 0 spiro atoms. The third-order valence-corrected chi connectivity index (χ3v) is 2.40. The Labute approximate surface area is 93.9 Å². The predicted octanol–water partition coefficient (Wildman–Crippen LogP) is 0.579. The molecule has 0 bridgehead atoms. The molecule has 4 heteroatoms. The van der Waals surface area contributed by atoms with Crippen LogP contribution in [0.5, 0.6) is 0 Å². The van der Waals surface area contributed by atoms with Gasteiger partial charge in [0.05, 0.1) is 13.2 Å². The average molecular weight is 218 g/mol. The molecule has 0 aliphatic carbocycles. The van der Waals surface area contributed by atoms with Crippen LogP contribution in [-0.4, -0.2) is 65.1 Å². The molecule has 4 nitrogen and oxygen atoms in total. The number of ether oxygens (including phenoxy) is 2. The standard InChI is InChI=1S/C11H26N2O2/c1-11(13(2)3)10-12-6-5-7-15-9-8-14-4/h11-12H,5-10H2,1-4H3. The molecule has 0 heterocycles. The fourth-order valence-corrected chi connectivity index (χ4v) is 1.04. The summed E-state index contributed by atoms with van der Waals surface area (Å²) in [5.41, 5.74) is 0. The quantitative estimate of drug-likeness (QED) is 0.544. The van der Waals surface area contributed by atoms with Crippen LogP contribution < -0.4 is 5.32 Å². The average Bonchev–Trinajstić information content (AvgIpc) is 2.21. The molecule has 0 aromatic rings. The SMILES string of the molecule is COCCOCCCNCC(C)N(C)C. The monoisotopic (exact) mass is 218 g/mol. The normalized spacial score (nSPS) is 13.4. The molecule has 0 aromatic heterocycles. The zero-order valence-electron chi connectivity index (χ0n) is 10.6.